The van der Waals surface area contributed by atoms with Crippen molar-refractivity contribution in [2.45, 2.75) is 6.42 Å². The largest absolute Gasteiger partial charge is 0.469 e. The van der Waals surface area contributed by atoms with Crippen LogP contribution in [0, 0.1) is 20.2 Å². The average Bonchev–Trinajstić information content (AvgIpc) is 2.65. The number of amides is 1. The summed E-state index contributed by atoms with van der Waals surface area (Å²) in [6.07, 6.45) is -0.0303. The van der Waals surface area contributed by atoms with E-state index in [9.17, 15) is 29.6 Å². The van der Waals surface area contributed by atoms with Crippen LogP contribution in [-0.2, 0) is 9.09 Å². The van der Waals surface area contributed by atoms with Crippen LogP contribution in [0.15, 0.2) is 12.1 Å². The Morgan fingerprint density at radius 1 is 1.17 bits per heavy atom. The maximum atomic E-state index is 12.6. The minimum Gasteiger partial charge on any atom is -0.364 e. The zero-order chi connectivity index (χ0) is 22.9. The van der Waals surface area contributed by atoms with Crippen LogP contribution in [0.2, 0.25) is 0 Å². The van der Waals surface area contributed by atoms with Gasteiger partial charge >= 0.3 is 13.5 Å². The number of hydrogen-bond acceptors (Lipinski definition) is 8. The summed E-state index contributed by atoms with van der Waals surface area (Å²) in [6, 6.07) is 2.26. The summed E-state index contributed by atoms with van der Waals surface area (Å²) in [5, 5.41) is 26.4. The monoisotopic (exact) mass is 576 g/mol. The number of nitrogens with one attached hydrogen (secondary N) is 1. The molecule has 0 radical (unpaired) electrons. The van der Waals surface area contributed by atoms with Gasteiger partial charge < -0.3 is 20.0 Å². The molecule has 0 aliphatic heterocycles. The van der Waals surface area contributed by atoms with Gasteiger partial charge in [0.1, 0.15) is 5.69 Å². The minimum atomic E-state index is -4.67. The molecule has 1 amide bonds. The summed E-state index contributed by atoms with van der Waals surface area (Å²) in [5.41, 5.74) is -2.07. The first-order chi connectivity index (χ1) is 14.0. The zero-order valence-corrected chi connectivity index (χ0v) is 19.5. The fraction of sp³-hybridized carbons (Fsp3) is 0.500. The number of nitro benzene ring substituents is 2. The second-order valence-electron chi connectivity index (χ2n) is 5.64. The molecule has 0 unspecified atom stereocenters. The SMILES string of the molecule is O=C(NCCCOP(=O)(O)O)c1c([N+](=O)[O-])ccc(N(CCBr)CCBr)c1[N+](=O)[O-]. The van der Waals surface area contributed by atoms with E-state index < -0.39 is 40.5 Å². The van der Waals surface area contributed by atoms with Gasteiger partial charge in [-0.2, -0.15) is 0 Å². The van der Waals surface area contributed by atoms with E-state index in [-0.39, 0.29) is 25.3 Å². The molecule has 168 valence electrons. The van der Waals surface area contributed by atoms with Gasteiger partial charge in [0.25, 0.3) is 11.6 Å². The van der Waals surface area contributed by atoms with E-state index in [1.807, 2.05) is 0 Å². The van der Waals surface area contributed by atoms with Crippen molar-refractivity contribution in [1.82, 2.24) is 5.32 Å². The molecule has 0 aliphatic rings. The van der Waals surface area contributed by atoms with Crippen molar-refractivity contribution < 1.29 is 33.5 Å². The van der Waals surface area contributed by atoms with E-state index in [4.69, 9.17) is 9.79 Å². The van der Waals surface area contributed by atoms with Crippen LogP contribution < -0.4 is 10.2 Å². The predicted molar refractivity (Wildman–Crippen MR) is 114 cm³/mol. The van der Waals surface area contributed by atoms with Gasteiger partial charge in [-0.3, -0.25) is 29.5 Å². The number of anilines is 1. The van der Waals surface area contributed by atoms with Gasteiger partial charge in [0, 0.05) is 36.4 Å². The number of halogens is 2. The number of phosphoric acid groups is 1. The van der Waals surface area contributed by atoms with Crippen molar-refractivity contribution in [3.05, 3.63) is 37.9 Å². The Morgan fingerprint density at radius 2 is 1.77 bits per heavy atom. The Kier molecular flexibility index (Phi) is 10.8. The second kappa shape index (κ2) is 12.3. The third kappa shape index (κ3) is 7.89. The molecule has 1 rings (SSSR count). The maximum absolute atomic E-state index is 12.6. The Labute approximate surface area is 187 Å². The van der Waals surface area contributed by atoms with Crippen LogP contribution in [0.1, 0.15) is 16.8 Å². The van der Waals surface area contributed by atoms with E-state index in [0.29, 0.717) is 23.7 Å². The number of carbonyl (C=O) groups excluding carboxylic acids is 1. The predicted octanol–water partition coefficient (Wildman–Crippen LogP) is 2.33. The molecule has 0 fully saturated rings. The minimum absolute atomic E-state index is 0.0303. The molecule has 0 aliphatic carbocycles. The lowest BCUT2D eigenvalue weighted by Crippen LogP contribution is -2.30. The van der Waals surface area contributed by atoms with E-state index in [1.54, 1.807) is 4.90 Å². The first-order valence-electron chi connectivity index (χ1n) is 8.34. The van der Waals surface area contributed by atoms with Crippen molar-refractivity contribution in [3.8, 4) is 0 Å². The molecule has 0 saturated heterocycles. The van der Waals surface area contributed by atoms with Crippen LogP contribution >= 0.6 is 39.7 Å². The third-order valence-corrected chi connectivity index (χ3v) is 4.88. The molecular formula is C14H19Br2N4O9P. The Hall–Kier alpha value is -1.64. The second-order valence-corrected chi connectivity index (χ2v) is 8.47. The van der Waals surface area contributed by atoms with Gasteiger partial charge in [-0.25, -0.2) is 4.57 Å². The molecule has 13 nitrogen and oxygen atoms in total. The number of nitrogens with zero attached hydrogens (tertiary/aromatic N) is 3. The summed E-state index contributed by atoms with van der Waals surface area (Å²) in [6.45, 7) is 0.138. The van der Waals surface area contributed by atoms with E-state index >= 15 is 0 Å². The highest BCUT2D eigenvalue weighted by atomic mass is 79.9. The lowest BCUT2D eigenvalue weighted by Gasteiger charge is -2.23. The van der Waals surface area contributed by atoms with Crippen molar-refractivity contribution in [2.75, 3.05) is 41.8 Å². The normalized spacial score (nSPS) is 11.2. The van der Waals surface area contributed by atoms with Crippen LogP contribution in [-0.4, -0.2) is 62.4 Å². The zero-order valence-electron chi connectivity index (χ0n) is 15.4. The smallest absolute Gasteiger partial charge is 0.364 e. The van der Waals surface area contributed by atoms with Crippen LogP contribution in [0.25, 0.3) is 0 Å². The van der Waals surface area contributed by atoms with Gasteiger partial charge in [-0.15, -0.1) is 0 Å². The molecule has 1 aromatic carbocycles. The number of hydrogen-bond donors (Lipinski definition) is 3. The van der Waals surface area contributed by atoms with Crippen molar-refractivity contribution in [1.29, 1.82) is 0 Å². The van der Waals surface area contributed by atoms with E-state index in [2.05, 4.69) is 41.7 Å². The van der Waals surface area contributed by atoms with Crippen LogP contribution in [0.5, 0.6) is 0 Å². The van der Waals surface area contributed by atoms with E-state index in [1.165, 1.54) is 6.07 Å². The average molecular weight is 578 g/mol. The molecule has 0 heterocycles. The Balaban J connectivity index is 3.27. The third-order valence-electron chi connectivity index (χ3n) is 3.66. The van der Waals surface area contributed by atoms with Gasteiger partial charge in [0.15, 0.2) is 5.56 Å². The topological polar surface area (TPSA) is 185 Å². The number of nitro groups is 2. The van der Waals surface area contributed by atoms with Crippen molar-refractivity contribution in [2.24, 2.45) is 0 Å². The van der Waals surface area contributed by atoms with E-state index in [0.717, 1.165) is 6.07 Å². The molecule has 16 heteroatoms. The number of alkyl halides is 2. The molecule has 30 heavy (non-hydrogen) atoms. The lowest BCUT2D eigenvalue weighted by atomic mass is 10.1. The van der Waals surface area contributed by atoms with Crippen molar-refractivity contribution in [3.63, 3.8) is 0 Å². The number of rotatable bonds is 13. The summed E-state index contributed by atoms with van der Waals surface area (Å²) in [5.74, 6) is -1.05. The quantitative estimate of drug-likeness (QED) is 0.103. The summed E-state index contributed by atoms with van der Waals surface area (Å²) in [4.78, 5) is 52.8. The number of carbonyl (C=O) groups is 1. The molecule has 0 atom stereocenters. The molecule has 0 aromatic heterocycles. The van der Waals surface area contributed by atoms with Gasteiger partial charge in [0.05, 0.1) is 16.5 Å². The Morgan fingerprint density at radius 3 is 2.23 bits per heavy atom. The van der Waals surface area contributed by atoms with Crippen LogP contribution in [0.4, 0.5) is 17.1 Å². The van der Waals surface area contributed by atoms with Gasteiger partial charge in [0.2, 0.25) is 0 Å². The summed E-state index contributed by atoms with van der Waals surface area (Å²) < 4.78 is 14.8. The highest BCUT2D eigenvalue weighted by Crippen LogP contribution is 2.38. The Bertz CT molecular complexity index is 830. The summed E-state index contributed by atoms with van der Waals surface area (Å²) in [7, 11) is -4.67. The molecule has 3 N–H and O–H groups in total. The first kappa shape index (κ1) is 26.4. The van der Waals surface area contributed by atoms with Crippen molar-refractivity contribution >= 4 is 62.7 Å². The highest BCUT2D eigenvalue weighted by Gasteiger charge is 2.35. The molecule has 1 aromatic rings. The highest BCUT2D eigenvalue weighted by molar-refractivity contribution is 9.09. The standard InChI is InChI=1S/C14H19Br2N4O9P/c15-4-7-18(8-5-16)11-3-2-10(19(22)23)12(13(11)20(24)25)14(21)17-6-1-9-29-30(26,27)28/h2-3H,1,4-9H2,(H,17,21)(H2,26,27,28). The van der Waals surface area contributed by atoms with Gasteiger partial charge in [-0.05, 0) is 12.5 Å². The summed E-state index contributed by atoms with van der Waals surface area (Å²) >= 11 is 6.49. The molecule has 0 saturated carbocycles. The van der Waals surface area contributed by atoms with Gasteiger partial charge in [-0.1, -0.05) is 31.9 Å². The fourth-order valence-corrected chi connectivity index (χ4v) is 3.71. The number of phosphoric ester groups is 1. The molecule has 0 bridgehead atoms. The molecular weight excluding hydrogens is 559 g/mol. The first-order valence-corrected chi connectivity index (χ1v) is 12.1. The number of benzene rings is 1. The lowest BCUT2D eigenvalue weighted by molar-refractivity contribution is -0.394. The fourth-order valence-electron chi connectivity index (χ4n) is 2.49. The molecule has 0 spiro atoms. The maximum Gasteiger partial charge on any atom is 0.469 e. The van der Waals surface area contributed by atoms with Crippen LogP contribution in [0.3, 0.4) is 0 Å².